The molecular formula is C3H4HfN2S. The molecule has 1 rings (SSSR count). The Morgan fingerprint density at radius 1 is 1.71 bits per heavy atom. The van der Waals surface area contributed by atoms with Crippen molar-refractivity contribution in [2.75, 3.05) is 5.73 Å². The molecule has 0 amide bonds. The molecule has 7 heavy (non-hydrogen) atoms. The van der Waals surface area contributed by atoms with Crippen LogP contribution >= 0.6 is 11.3 Å². The van der Waals surface area contributed by atoms with Crippen LogP contribution in [0.4, 0.5) is 5.13 Å². The van der Waals surface area contributed by atoms with Gasteiger partial charge < -0.3 is 5.73 Å². The van der Waals surface area contributed by atoms with Crippen molar-refractivity contribution in [3.63, 3.8) is 0 Å². The van der Waals surface area contributed by atoms with Gasteiger partial charge in [-0.1, -0.05) is 0 Å². The number of aromatic nitrogens is 1. The van der Waals surface area contributed by atoms with Crippen LogP contribution in [0.25, 0.3) is 0 Å². The van der Waals surface area contributed by atoms with Gasteiger partial charge in [0, 0.05) is 37.4 Å². The first-order valence-electron chi connectivity index (χ1n) is 1.54. The van der Waals surface area contributed by atoms with Gasteiger partial charge in [-0.15, -0.1) is 11.3 Å². The summed E-state index contributed by atoms with van der Waals surface area (Å²) in [6.45, 7) is 0. The van der Waals surface area contributed by atoms with Crippen molar-refractivity contribution >= 4 is 16.5 Å². The normalized spacial score (nSPS) is 7.43. The van der Waals surface area contributed by atoms with E-state index in [0.717, 1.165) is 0 Å². The zero-order valence-electron chi connectivity index (χ0n) is 3.59. The van der Waals surface area contributed by atoms with Crippen LogP contribution in [0.3, 0.4) is 0 Å². The second-order valence-corrected chi connectivity index (χ2v) is 1.80. The summed E-state index contributed by atoms with van der Waals surface area (Å²) in [6, 6.07) is 0. The summed E-state index contributed by atoms with van der Waals surface area (Å²) in [5.41, 5.74) is 5.19. The van der Waals surface area contributed by atoms with Gasteiger partial charge in [0.1, 0.15) is 0 Å². The van der Waals surface area contributed by atoms with E-state index in [4.69, 9.17) is 5.73 Å². The molecule has 36 valence electrons. The first-order chi connectivity index (χ1) is 2.89. The van der Waals surface area contributed by atoms with Crippen LogP contribution in [-0.2, 0) is 25.8 Å². The Kier molecular flexibility index (Phi) is 3.46. The molecule has 0 aromatic carbocycles. The summed E-state index contributed by atoms with van der Waals surface area (Å²) < 4.78 is 0. The summed E-state index contributed by atoms with van der Waals surface area (Å²) in [5, 5.41) is 2.48. The Hall–Kier alpha value is 0.300. The molecule has 0 fully saturated rings. The molecule has 4 heteroatoms. The Labute approximate surface area is 64.5 Å². The van der Waals surface area contributed by atoms with Gasteiger partial charge in [-0.3, -0.25) is 0 Å². The third kappa shape index (κ3) is 2.19. The number of nitrogen functional groups attached to an aromatic ring is 1. The van der Waals surface area contributed by atoms with E-state index < -0.39 is 0 Å². The van der Waals surface area contributed by atoms with Crippen LogP contribution in [0.1, 0.15) is 0 Å². The molecule has 0 spiro atoms. The van der Waals surface area contributed by atoms with Gasteiger partial charge in [-0.25, -0.2) is 4.98 Å². The third-order valence-electron chi connectivity index (χ3n) is 0.451. The van der Waals surface area contributed by atoms with Crippen molar-refractivity contribution in [2.24, 2.45) is 0 Å². The zero-order valence-corrected chi connectivity index (χ0v) is 8.00. The Morgan fingerprint density at radius 3 is 2.57 bits per heavy atom. The Morgan fingerprint density at radius 2 is 2.43 bits per heavy atom. The van der Waals surface area contributed by atoms with Crippen LogP contribution in [0.15, 0.2) is 11.6 Å². The molecule has 1 aromatic rings. The second kappa shape index (κ2) is 3.32. The Balaban J connectivity index is 0.000000360. The molecule has 0 radical (unpaired) electrons. The maximum Gasteiger partial charge on any atom is 0.179 e. The predicted octanol–water partition coefficient (Wildman–Crippen LogP) is 0.723. The van der Waals surface area contributed by atoms with Crippen molar-refractivity contribution in [3.05, 3.63) is 11.6 Å². The minimum absolute atomic E-state index is 0. The van der Waals surface area contributed by atoms with Crippen LogP contribution in [-0.4, -0.2) is 4.98 Å². The van der Waals surface area contributed by atoms with E-state index in [2.05, 4.69) is 4.98 Å². The molecular weight excluding hydrogens is 275 g/mol. The van der Waals surface area contributed by atoms with Crippen molar-refractivity contribution in [3.8, 4) is 0 Å². The summed E-state index contributed by atoms with van der Waals surface area (Å²) in [4.78, 5) is 3.71. The minimum atomic E-state index is 0. The number of nitrogens with two attached hydrogens (primary N) is 1. The first kappa shape index (κ1) is 7.30. The van der Waals surface area contributed by atoms with E-state index in [1.807, 2.05) is 5.38 Å². The average Bonchev–Trinajstić information content (AvgIpc) is 1.86. The fourth-order valence-corrected chi connectivity index (χ4v) is 0.617. The third-order valence-corrected chi connectivity index (χ3v) is 1.06. The van der Waals surface area contributed by atoms with E-state index >= 15 is 0 Å². The fourth-order valence-electron chi connectivity index (χ4n) is 0.234. The largest absolute Gasteiger partial charge is 0.375 e. The smallest absolute Gasteiger partial charge is 0.179 e. The van der Waals surface area contributed by atoms with Crippen LogP contribution in [0.5, 0.6) is 0 Å². The average molecular weight is 279 g/mol. The molecule has 1 aromatic heterocycles. The van der Waals surface area contributed by atoms with E-state index in [1.54, 1.807) is 6.20 Å². The molecule has 0 saturated heterocycles. The molecule has 0 unspecified atom stereocenters. The topological polar surface area (TPSA) is 38.9 Å². The molecule has 0 aliphatic carbocycles. The zero-order chi connectivity index (χ0) is 4.41. The molecule has 0 aliphatic rings. The van der Waals surface area contributed by atoms with E-state index in [-0.39, 0.29) is 25.8 Å². The van der Waals surface area contributed by atoms with Gasteiger partial charge in [-0.05, 0) is 0 Å². The van der Waals surface area contributed by atoms with Crippen LogP contribution in [0, 0.1) is 0 Å². The standard InChI is InChI=1S/C3H4N2S.Hf/c4-3-5-1-2-6-3;/h1-2H,(H2,4,5);. The fraction of sp³-hybridized carbons (Fsp3) is 0. The van der Waals surface area contributed by atoms with Gasteiger partial charge in [-0.2, -0.15) is 0 Å². The van der Waals surface area contributed by atoms with Crippen molar-refractivity contribution in [2.45, 2.75) is 0 Å². The van der Waals surface area contributed by atoms with Crippen molar-refractivity contribution in [1.82, 2.24) is 4.98 Å². The first-order valence-corrected chi connectivity index (χ1v) is 2.42. The molecule has 0 saturated carbocycles. The summed E-state index contributed by atoms with van der Waals surface area (Å²) in [7, 11) is 0. The number of hydrogen-bond acceptors (Lipinski definition) is 3. The second-order valence-electron chi connectivity index (χ2n) is 0.870. The van der Waals surface area contributed by atoms with Crippen LogP contribution in [0.2, 0.25) is 0 Å². The number of anilines is 1. The van der Waals surface area contributed by atoms with E-state index in [1.165, 1.54) is 11.3 Å². The molecule has 2 nitrogen and oxygen atoms in total. The molecule has 2 N–H and O–H groups in total. The van der Waals surface area contributed by atoms with E-state index in [0.29, 0.717) is 5.13 Å². The summed E-state index contributed by atoms with van der Waals surface area (Å²) in [5.74, 6) is 0. The maximum absolute atomic E-state index is 5.19. The van der Waals surface area contributed by atoms with Gasteiger partial charge in [0.25, 0.3) is 0 Å². The number of hydrogen-bond donors (Lipinski definition) is 1. The molecule has 0 aliphatic heterocycles. The molecule has 0 bridgehead atoms. The monoisotopic (exact) mass is 280 g/mol. The maximum atomic E-state index is 5.19. The van der Waals surface area contributed by atoms with Gasteiger partial charge in [0.15, 0.2) is 5.13 Å². The summed E-state index contributed by atoms with van der Waals surface area (Å²) >= 11 is 1.44. The van der Waals surface area contributed by atoms with Crippen LogP contribution < -0.4 is 5.73 Å². The van der Waals surface area contributed by atoms with Crippen molar-refractivity contribution in [1.29, 1.82) is 0 Å². The predicted molar refractivity (Wildman–Crippen MR) is 26.5 cm³/mol. The van der Waals surface area contributed by atoms with Gasteiger partial charge >= 0.3 is 0 Å². The SMILES string of the molecule is Nc1nccs1.[Hf]. The quantitative estimate of drug-likeness (QED) is 0.711. The van der Waals surface area contributed by atoms with Gasteiger partial charge in [0.2, 0.25) is 0 Å². The minimum Gasteiger partial charge on any atom is -0.375 e. The number of rotatable bonds is 0. The number of nitrogens with zero attached hydrogens (tertiary/aromatic N) is 1. The number of thiazole rings is 1. The van der Waals surface area contributed by atoms with E-state index in [9.17, 15) is 0 Å². The molecule has 0 atom stereocenters. The Bertz CT molecular complexity index is 116. The van der Waals surface area contributed by atoms with Gasteiger partial charge in [0.05, 0.1) is 0 Å². The summed E-state index contributed by atoms with van der Waals surface area (Å²) in [6.07, 6.45) is 1.68. The molecule has 1 heterocycles. The van der Waals surface area contributed by atoms with Crippen molar-refractivity contribution < 1.29 is 25.8 Å².